The predicted octanol–water partition coefficient (Wildman–Crippen LogP) is 4.13. The fourth-order valence-corrected chi connectivity index (χ4v) is 3.97. The third kappa shape index (κ3) is 4.24. The summed E-state index contributed by atoms with van der Waals surface area (Å²) in [4.78, 5) is 15.7. The predicted molar refractivity (Wildman–Crippen MR) is 96.1 cm³/mol. The zero-order valence-electron chi connectivity index (χ0n) is 14.3. The van der Waals surface area contributed by atoms with Gasteiger partial charge in [-0.2, -0.15) is 8.78 Å². The Kier molecular flexibility index (Phi) is 5.92. The molecule has 0 radical (unpaired) electrons. The Morgan fingerprint density at radius 3 is 2.92 bits per heavy atom. The Morgan fingerprint density at radius 2 is 2.23 bits per heavy atom. The average molecular weight is 382 g/mol. The van der Waals surface area contributed by atoms with E-state index in [-0.39, 0.29) is 30.0 Å². The van der Waals surface area contributed by atoms with Gasteiger partial charge in [-0.15, -0.1) is 11.3 Å². The minimum Gasteiger partial charge on any atom is -0.493 e. The van der Waals surface area contributed by atoms with Crippen LogP contribution in [0.2, 0.25) is 0 Å². The van der Waals surface area contributed by atoms with E-state index in [1.165, 1.54) is 24.1 Å². The van der Waals surface area contributed by atoms with E-state index in [4.69, 9.17) is 4.74 Å². The van der Waals surface area contributed by atoms with Crippen LogP contribution in [0.4, 0.5) is 14.5 Å². The van der Waals surface area contributed by atoms with Crippen molar-refractivity contribution in [2.45, 2.75) is 25.5 Å². The topological polar surface area (TPSA) is 50.8 Å². The first kappa shape index (κ1) is 18.4. The normalized spacial score (nSPS) is 16.8. The molecular weight excluding hydrogens is 362 g/mol. The molecule has 26 heavy (non-hydrogen) atoms. The fraction of sp³-hybridized carbons (Fsp3) is 0.389. The lowest BCUT2D eigenvalue weighted by Crippen LogP contribution is -2.34. The minimum absolute atomic E-state index is 0.0203. The van der Waals surface area contributed by atoms with Crippen molar-refractivity contribution in [1.82, 2.24) is 4.90 Å². The van der Waals surface area contributed by atoms with Gasteiger partial charge >= 0.3 is 6.61 Å². The highest BCUT2D eigenvalue weighted by Gasteiger charge is 2.30. The Labute approximate surface area is 154 Å². The highest BCUT2D eigenvalue weighted by Crippen LogP contribution is 2.35. The number of hydrogen-bond acceptors (Lipinski definition) is 5. The smallest absolute Gasteiger partial charge is 0.387 e. The zero-order chi connectivity index (χ0) is 18.5. The van der Waals surface area contributed by atoms with Gasteiger partial charge in [0.25, 0.3) is 0 Å². The summed E-state index contributed by atoms with van der Waals surface area (Å²) in [6.07, 6.45) is 1.93. The van der Waals surface area contributed by atoms with Crippen molar-refractivity contribution in [3.63, 3.8) is 0 Å². The first-order valence-electron chi connectivity index (χ1n) is 8.28. The van der Waals surface area contributed by atoms with Crippen molar-refractivity contribution >= 4 is 22.9 Å². The zero-order valence-corrected chi connectivity index (χ0v) is 15.1. The highest BCUT2D eigenvalue weighted by atomic mass is 32.1. The molecule has 1 N–H and O–H groups in total. The molecule has 1 aliphatic heterocycles. The van der Waals surface area contributed by atoms with E-state index < -0.39 is 6.61 Å². The van der Waals surface area contributed by atoms with Gasteiger partial charge in [-0.1, -0.05) is 6.07 Å². The van der Waals surface area contributed by atoms with Gasteiger partial charge in [0.15, 0.2) is 11.5 Å². The second-order valence-electron chi connectivity index (χ2n) is 5.86. The molecule has 1 aromatic carbocycles. The van der Waals surface area contributed by atoms with Gasteiger partial charge < -0.3 is 19.7 Å². The second kappa shape index (κ2) is 8.35. The van der Waals surface area contributed by atoms with Crippen LogP contribution < -0.4 is 14.8 Å². The van der Waals surface area contributed by atoms with Crippen LogP contribution in [0.25, 0.3) is 0 Å². The maximum Gasteiger partial charge on any atom is 0.387 e. The van der Waals surface area contributed by atoms with Gasteiger partial charge in [0, 0.05) is 23.2 Å². The van der Waals surface area contributed by atoms with Crippen LogP contribution in [-0.2, 0) is 4.79 Å². The monoisotopic (exact) mass is 382 g/mol. The molecule has 5 nitrogen and oxygen atoms in total. The van der Waals surface area contributed by atoms with E-state index in [9.17, 15) is 13.6 Å². The first-order valence-corrected chi connectivity index (χ1v) is 9.16. The number of methoxy groups -OCH3 is 1. The Balaban J connectivity index is 1.64. The van der Waals surface area contributed by atoms with Gasteiger partial charge in [0.2, 0.25) is 5.91 Å². The number of likely N-dealkylation sites (tertiary alicyclic amines) is 1. The van der Waals surface area contributed by atoms with Crippen LogP contribution in [0.1, 0.15) is 23.8 Å². The Bertz CT molecular complexity index is 740. The van der Waals surface area contributed by atoms with Gasteiger partial charge in [0.05, 0.1) is 19.7 Å². The Morgan fingerprint density at radius 1 is 1.38 bits per heavy atom. The number of nitrogens with one attached hydrogen (secondary N) is 1. The van der Waals surface area contributed by atoms with E-state index in [1.54, 1.807) is 17.4 Å². The van der Waals surface area contributed by atoms with Crippen LogP contribution in [0.3, 0.4) is 0 Å². The summed E-state index contributed by atoms with van der Waals surface area (Å²) in [5.74, 6) is 0.116. The molecule has 0 bridgehead atoms. The van der Waals surface area contributed by atoms with Crippen LogP contribution in [0, 0.1) is 0 Å². The standard InChI is InChI=1S/C18H20F2N2O3S/c1-24-14-7-6-12(10-15(14)25-18(19)20)21-11-17(23)22-8-2-4-13(22)16-5-3-9-26-16/h3,5-7,9-10,13,18,21H,2,4,8,11H2,1H3/t13-/m1/s1. The molecule has 8 heteroatoms. The third-order valence-electron chi connectivity index (χ3n) is 4.27. The molecule has 1 amide bonds. The summed E-state index contributed by atoms with van der Waals surface area (Å²) in [5.41, 5.74) is 0.515. The molecule has 0 spiro atoms. The summed E-state index contributed by atoms with van der Waals surface area (Å²) in [5, 5.41) is 4.99. The number of carbonyl (C=O) groups is 1. The summed E-state index contributed by atoms with van der Waals surface area (Å²) < 4.78 is 34.5. The van der Waals surface area contributed by atoms with E-state index in [0.29, 0.717) is 5.69 Å². The molecule has 1 aromatic heterocycles. The number of carbonyl (C=O) groups excluding carboxylic acids is 1. The van der Waals surface area contributed by atoms with E-state index in [0.717, 1.165) is 19.4 Å². The number of nitrogens with zero attached hydrogens (tertiary/aromatic N) is 1. The van der Waals surface area contributed by atoms with Crippen LogP contribution >= 0.6 is 11.3 Å². The maximum atomic E-state index is 12.6. The SMILES string of the molecule is COc1ccc(NCC(=O)N2CCC[C@@H]2c2cccs2)cc1OC(F)F. The molecule has 1 saturated heterocycles. The largest absolute Gasteiger partial charge is 0.493 e. The molecule has 0 unspecified atom stereocenters. The lowest BCUT2D eigenvalue weighted by Gasteiger charge is -2.24. The average Bonchev–Trinajstić information content (AvgIpc) is 3.30. The summed E-state index contributed by atoms with van der Waals surface area (Å²) in [7, 11) is 1.38. The molecule has 140 valence electrons. The number of alkyl halides is 2. The van der Waals surface area contributed by atoms with E-state index in [1.807, 2.05) is 22.4 Å². The summed E-state index contributed by atoms with van der Waals surface area (Å²) in [6.45, 7) is -2.13. The van der Waals surface area contributed by atoms with Crippen molar-refractivity contribution in [1.29, 1.82) is 0 Å². The van der Waals surface area contributed by atoms with Crippen LogP contribution in [0.15, 0.2) is 35.7 Å². The molecule has 3 rings (SSSR count). The fourth-order valence-electron chi connectivity index (χ4n) is 3.10. The number of ether oxygens (including phenoxy) is 2. The summed E-state index contributed by atoms with van der Waals surface area (Å²) in [6, 6.07) is 8.74. The van der Waals surface area contributed by atoms with Crippen molar-refractivity contribution < 1.29 is 23.0 Å². The van der Waals surface area contributed by atoms with Crippen molar-refractivity contribution in [3.8, 4) is 11.5 Å². The van der Waals surface area contributed by atoms with Crippen molar-refractivity contribution in [2.24, 2.45) is 0 Å². The Hall–Kier alpha value is -2.35. The number of thiophene rings is 1. The number of rotatable bonds is 7. The van der Waals surface area contributed by atoms with Gasteiger partial charge in [0.1, 0.15) is 0 Å². The van der Waals surface area contributed by atoms with Crippen molar-refractivity contribution in [2.75, 3.05) is 25.5 Å². The highest BCUT2D eigenvalue weighted by molar-refractivity contribution is 7.10. The molecule has 1 aliphatic rings. The van der Waals surface area contributed by atoms with Gasteiger partial charge in [-0.05, 0) is 36.4 Å². The number of anilines is 1. The first-order chi connectivity index (χ1) is 12.6. The number of benzene rings is 1. The number of halogens is 2. The lowest BCUT2D eigenvalue weighted by atomic mass is 10.2. The van der Waals surface area contributed by atoms with E-state index in [2.05, 4.69) is 10.1 Å². The third-order valence-corrected chi connectivity index (χ3v) is 5.24. The minimum atomic E-state index is -2.95. The molecular formula is C18H20F2N2O3S. The number of hydrogen-bond donors (Lipinski definition) is 1. The number of amides is 1. The molecule has 2 aromatic rings. The van der Waals surface area contributed by atoms with Gasteiger partial charge in [-0.3, -0.25) is 4.79 Å². The molecule has 1 atom stereocenters. The molecule has 1 fully saturated rings. The van der Waals surface area contributed by atoms with Crippen LogP contribution in [0.5, 0.6) is 11.5 Å². The molecule has 2 heterocycles. The quantitative estimate of drug-likeness (QED) is 0.782. The van der Waals surface area contributed by atoms with Crippen molar-refractivity contribution in [3.05, 3.63) is 40.6 Å². The van der Waals surface area contributed by atoms with Gasteiger partial charge in [-0.25, -0.2) is 0 Å². The van der Waals surface area contributed by atoms with Crippen LogP contribution in [-0.4, -0.2) is 37.6 Å². The second-order valence-corrected chi connectivity index (χ2v) is 6.84. The lowest BCUT2D eigenvalue weighted by molar-refractivity contribution is -0.130. The summed E-state index contributed by atoms with van der Waals surface area (Å²) >= 11 is 1.65. The maximum absolute atomic E-state index is 12.6. The molecule has 0 aliphatic carbocycles. The van der Waals surface area contributed by atoms with E-state index >= 15 is 0 Å². The molecule has 0 saturated carbocycles.